The number of ether oxygens (including phenoxy) is 2. The zero-order valence-electron chi connectivity index (χ0n) is 15.4. The minimum atomic E-state index is -0.457. The van der Waals surface area contributed by atoms with E-state index >= 15 is 0 Å². The quantitative estimate of drug-likeness (QED) is 0.784. The van der Waals surface area contributed by atoms with Gasteiger partial charge in [0.15, 0.2) is 0 Å². The lowest BCUT2D eigenvalue weighted by atomic mass is 10.1. The molecular weight excluding hydrogens is 346 g/mol. The van der Waals surface area contributed by atoms with Gasteiger partial charge in [0.1, 0.15) is 18.4 Å². The molecule has 2 aromatic carbocycles. The van der Waals surface area contributed by atoms with E-state index in [2.05, 4.69) is 10.6 Å². The molecular formula is C20H23N3O4. The lowest BCUT2D eigenvalue weighted by Crippen LogP contribution is -2.32. The lowest BCUT2D eigenvalue weighted by molar-refractivity contribution is -0.116. The standard InChI is InChI=1S/C20H23N3O4/c1-14(19(24)22-17-8-3-4-9-18(17)26-2)21-16-7-5-6-15(12-16)13-23-10-11-27-20(23)25/h3-9,12,14,21H,10-11,13H2,1-2H3,(H,22,24). The van der Waals surface area contributed by atoms with Crippen LogP contribution in [0.4, 0.5) is 16.2 Å². The fourth-order valence-corrected chi connectivity index (χ4v) is 2.85. The molecule has 2 N–H and O–H groups in total. The third-order valence-corrected chi connectivity index (χ3v) is 4.29. The van der Waals surface area contributed by atoms with Crippen molar-refractivity contribution in [1.29, 1.82) is 0 Å². The second kappa shape index (κ2) is 8.44. The molecule has 0 spiro atoms. The van der Waals surface area contributed by atoms with Crippen molar-refractivity contribution in [3.63, 3.8) is 0 Å². The molecule has 27 heavy (non-hydrogen) atoms. The first-order valence-corrected chi connectivity index (χ1v) is 8.78. The highest BCUT2D eigenvalue weighted by molar-refractivity contribution is 5.97. The topological polar surface area (TPSA) is 79.9 Å². The van der Waals surface area contributed by atoms with Gasteiger partial charge in [0.25, 0.3) is 0 Å². The molecule has 0 radical (unpaired) electrons. The number of cyclic esters (lactones) is 1. The summed E-state index contributed by atoms with van der Waals surface area (Å²) in [6, 6.07) is 14.5. The van der Waals surface area contributed by atoms with Gasteiger partial charge in [0, 0.05) is 12.2 Å². The van der Waals surface area contributed by atoms with Crippen molar-refractivity contribution in [2.45, 2.75) is 19.5 Å². The molecule has 2 amide bonds. The van der Waals surface area contributed by atoms with Crippen molar-refractivity contribution >= 4 is 23.4 Å². The van der Waals surface area contributed by atoms with Crippen molar-refractivity contribution in [3.8, 4) is 5.75 Å². The Morgan fingerprint density at radius 1 is 1.26 bits per heavy atom. The number of amides is 2. The van der Waals surface area contributed by atoms with Gasteiger partial charge < -0.3 is 25.0 Å². The molecule has 142 valence electrons. The minimum absolute atomic E-state index is 0.173. The molecule has 0 aromatic heterocycles. The van der Waals surface area contributed by atoms with Crippen molar-refractivity contribution < 1.29 is 19.1 Å². The van der Waals surface area contributed by atoms with Crippen LogP contribution >= 0.6 is 0 Å². The van der Waals surface area contributed by atoms with E-state index in [0.717, 1.165) is 11.3 Å². The Balaban J connectivity index is 1.61. The summed E-state index contributed by atoms with van der Waals surface area (Å²) in [6.07, 6.45) is -0.294. The molecule has 0 bridgehead atoms. The van der Waals surface area contributed by atoms with E-state index in [-0.39, 0.29) is 12.0 Å². The van der Waals surface area contributed by atoms with Crippen LogP contribution in [0.1, 0.15) is 12.5 Å². The maximum Gasteiger partial charge on any atom is 0.410 e. The molecule has 7 nitrogen and oxygen atoms in total. The Morgan fingerprint density at radius 2 is 2.07 bits per heavy atom. The Bertz CT molecular complexity index is 824. The molecule has 7 heteroatoms. The van der Waals surface area contributed by atoms with Crippen LogP contribution in [0.15, 0.2) is 48.5 Å². The predicted octanol–water partition coefficient (Wildman–Crippen LogP) is 3.09. The van der Waals surface area contributed by atoms with Crippen molar-refractivity contribution in [2.75, 3.05) is 30.9 Å². The van der Waals surface area contributed by atoms with Crippen LogP contribution in [-0.4, -0.2) is 43.2 Å². The summed E-state index contributed by atoms with van der Waals surface area (Å²) in [5.41, 5.74) is 2.40. The summed E-state index contributed by atoms with van der Waals surface area (Å²) >= 11 is 0. The highest BCUT2D eigenvalue weighted by atomic mass is 16.6. The molecule has 2 aromatic rings. The number of nitrogens with one attached hydrogen (secondary N) is 2. The second-order valence-electron chi connectivity index (χ2n) is 6.29. The minimum Gasteiger partial charge on any atom is -0.495 e. The first-order chi connectivity index (χ1) is 13.1. The second-order valence-corrected chi connectivity index (χ2v) is 6.29. The van der Waals surface area contributed by atoms with Gasteiger partial charge in [-0.2, -0.15) is 0 Å². The van der Waals surface area contributed by atoms with E-state index in [4.69, 9.17) is 9.47 Å². The van der Waals surface area contributed by atoms with Crippen molar-refractivity contribution in [2.24, 2.45) is 0 Å². The summed E-state index contributed by atoms with van der Waals surface area (Å²) in [5.74, 6) is 0.436. The average Bonchev–Trinajstić information content (AvgIpc) is 3.07. The first kappa shape index (κ1) is 18.6. The zero-order chi connectivity index (χ0) is 19.2. The lowest BCUT2D eigenvalue weighted by Gasteiger charge is -2.18. The van der Waals surface area contributed by atoms with Crippen LogP contribution < -0.4 is 15.4 Å². The summed E-state index contributed by atoms with van der Waals surface area (Å²) in [7, 11) is 1.56. The van der Waals surface area contributed by atoms with Gasteiger partial charge in [-0.25, -0.2) is 4.79 Å². The molecule has 1 aliphatic heterocycles. The van der Waals surface area contributed by atoms with Gasteiger partial charge in [-0.05, 0) is 36.8 Å². The predicted molar refractivity (Wildman–Crippen MR) is 103 cm³/mol. The van der Waals surface area contributed by atoms with Gasteiger partial charge in [-0.15, -0.1) is 0 Å². The number of anilines is 2. The number of carbonyl (C=O) groups excluding carboxylic acids is 2. The van der Waals surface area contributed by atoms with Crippen molar-refractivity contribution in [1.82, 2.24) is 4.90 Å². The van der Waals surface area contributed by atoms with E-state index < -0.39 is 6.04 Å². The third kappa shape index (κ3) is 4.69. The molecule has 1 aliphatic rings. The van der Waals surface area contributed by atoms with Crippen LogP contribution in [0.3, 0.4) is 0 Å². The van der Waals surface area contributed by atoms with Gasteiger partial charge >= 0.3 is 6.09 Å². The third-order valence-electron chi connectivity index (χ3n) is 4.29. The monoisotopic (exact) mass is 369 g/mol. The fourth-order valence-electron chi connectivity index (χ4n) is 2.85. The highest BCUT2D eigenvalue weighted by Crippen LogP contribution is 2.23. The number of para-hydroxylation sites is 2. The maximum atomic E-state index is 12.5. The first-order valence-electron chi connectivity index (χ1n) is 8.78. The summed E-state index contributed by atoms with van der Waals surface area (Å²) in [5, 5.41) is 6.05. The van der Waals surface area contributed by atoms with Crippen LogP contribution in [0, 0.1) is 0 Å². The molecule has 1 heterocycles. The Labute approximate surface area is 158 Å². The van der Waals surface area contributed by atoms with Crippen LogP contribution in [-0.2, 0) is 16.1 Å². The van der Waals surface area contributed by atoms with Crippen molar-refractivity contribution in [3.05, 3.63) is 54.1 Å². The largest absolute Gasteiger partial charge is 0.495 e. The smallest absolute Gasteiger partial charge is 0.410 e. The number of hydrogen-bond donors (Lipinski definition) is 2. The molecule has 1 unspecified atom stereocenters. The zero-order valence-corrected chi connectivity index (χ0v) is 15.4. The molecule has 1 fully saturated rings. The summed E-state index contributed by atoms with van der Waals surface area (Å²) < 4.78 is 10.2. The molecule has 1 saturated heterocycles. The van der Waals surface area contributed by atoms with E-state index in [1.807, 2.05) is 36.4 Å². The van der Waals surface area contributed by atoms with E-state index in [0.29, 0.717) is 31.1 Å². The van der Waals surface area contributed by atoms with Gasteiger partial charge in [0.2, 0.25) is 5.91 Å². The van der Waals surface area contributed by atoms with Gasteiger partial charge in [-0.1, -0.05) is 24.3 Å². The van der Waals surface area contributed by atoms with E-state index in [1.54, 1.807) is 31.1 Å². The molecule has 0 aliphatic carbocycles. The number of hydrogen-bond acceptors (Lipinski definition) is 5. The molecule has 1 atom stereocenters. The number of carbonyl (C=O) groups is 2. The number of benzene rings is 2. The van der Waals surface area contributed by atoms with Crippen LogP contribution in [0.2, 0.25) is 0 Å². The van der Waals surface area contributed by atoms with E-state index in [1.165, 1.54) is 0 Å². The fraction of sp³-hybridized carbons (Fsp3) is 0.300. The normalized spacial score (nSPS) is 14.4. The van der Waals surface area contributed by atoms with E-state index in [9.17, 15) is 9.59 Å². The van der Waals surface area contributed by atoms with Gasteiger partial charge in [-0.3, -0.25) is 4.79 Å². The highest BCUT2D eigenvalue weighted by Gasteiger charge is 2.22. The SMILES string of the molecule is COc1ccccc1NC(=O)C(C)Nc1cccc(CN2CCOC2=O)c1. The average molecular weight is 369 g/mol. The Kier molecular flexibility index (Phi) is 5.80. The number of nitrogens with zero attached hydrogens (tertiary/aromatic N) is 1. The number of methoxy groups -OCH3 is 1. The van der Waals surface area contributed by atoms with Crippen LogP contribution in [0.25, 0.3) is 0 Å². The molecule has 3 rings (SSSR count). The molecule has 0 saturated carbocycles. The Morgan fingerprint density at radius 3 is 2.81 bits per heavy atom. The maximum absolute atomic E-state index is 12.5. The number of rotatable bonds is 7. The summed E-state index contributed by atoms with van der Waals surface area (Å²) in [6.45, 7) is 3.29. The summed E-state index contributed by atoms with van der Waals surface area (Å²) in [4.78, 5) is 25.7. The Hall–Kier alpha value is -3.22. The van der Waals surface area contributed by atoms with Crippen LogP contribution in [0.5, 0.6) is 5.75 Å². The van der Waals surface area contributed by atoms with Gasteiger partial charge in [0.05, 0.1) is 19.3 Å².